The summed E-state index contributed by atoms with van der Waals surface area (Å²) < 4.78 is 27.7. The largest absolute Gasteiger partial charge is 0.495 e. The summed E-state index contributed by atoms with van der Waals surface area (Å²) in [4.78, 5) is 2.29. The van der Waals surface area contributed by atoms with Gasteiger partial charge < -0.3 is 4.74 Å². The Morgan fingerprint density at radius 2 is 2.33 bits per heavy atom. The van der Waals surface area contributed by atoms with Crippen LogP contribution < -0.4 is 0 Å². The van der Waals surface area contributed by atoms with Crippen LogP contribution in [0.5, 0.6) is 0 Å². The fourth-order valence-electron chi connectivity index (χ4n) is 1.81. The van der Waals surface area contributed by atoms with Crippen molar-refractivity contribution in [1.82, 2.24) is 4.90 Å². The van der Waals surface area contributed by atoms with Gasteiger partial charge in [0.1, 0.15) is 12.4 Å². The van der Waals surface area contributed by atoms with Gasteiger partial charge in [0.15, 0.2) is 0 Å². The lowest BCUT2D eigenvalue weighted by Crippen LogP contribution is -2.42. The van der Waals surface area contributed by atoms with Crippen LogP contribution in [0.1, 0.15) is 6.42 Å². The molecule has 1 atom stereocenters. The average Bonchev–Trinajstić information content (AvgIpc) is 2.16. The zero-order valence-electron chi connectivity index (χ0n) is 8.31. The van der Waals surface area contributed by atoms with Gasteiger partial charge in [-0.1, -0.05) is 6.08 Å². The molecule has 6 heteroatoms. The second kappa shape index (κ2) is 3.81. The summed E-state index contributed by atoms with van der Waals surface area (Å²) in [5.41, 5.74) is 0. The van der Waals surface area contributed by atoms with E-state index in [1.807, 2.05) is 7.05 Å². The third-order valence-corrected chi connectivity index (χ3v) is 4.06. The van der Waals surface area contributed by atoms with E-state index in [9.17, 15) is 8.42 Å². The molecule has 0 radical (unpaired) electrons. The molecule has 84 valence electrons. The summed E-state index contributed by atoms with van der Waals surface area (Å²) >= 11 is 0. The Labute approximate surface area is 93.6 Å². The van der Waals surface area contributed by atoms with Crippen LogP contribution in [0.25, 0.3) is 0 Å². The van der Waals surface area contributed by atoms with E-state index in [-0.39, 0.29) is 10.9 Å². The number of hydrogen-bond acceptors (Lipinski definition) is 4. The minimum Gasteiger partial charge on any atom is -0.495 e. The van der Waals surface area contributed by atoms with Crippen molar-refractivity contribution in [3.63, 3.8) is 0 Å². The lowest BCUT2D eigenvalue weighted by molar-refractivity contribution is 0.0653. The zero-order valence-corrected chi connectivity index (χ0v) is 9.88. The van der Waals surface area contributed by atoms with E-state index in [0.29, 0.717) is 18.8 Å². The fraction of sp³-hybridized carbons (Fsp3) is 0.556. The normalized spacial score (nSPS) is 27.5. The highest BCUT2D eigenvalue weighted by Gasteiger charge is 2.29. The van der Waals surface area contributed by atoms with E-state index >= 15 is 0 Å². The molecule has 1 aliphatic carbocycles. The number of likely N-dealkylation sites (N-methyl/N-ethyl adjacent to an activating group) is 1. The van der Waals surface area contributed by atoms with Crippen LogP contribution in [0.15, 0.2) is 22.8 Å². The highest BCUT2D eigenvalue weighted by Crippen LogP contribution is 2.29. The van der Waals surface area contributed by atoms with E-state index in [2.05, 4.69) is 4.90 Å². The van der Waals surface area contributed by atoms with Crippen LogP contribution in [-0.2, 0) is 13.8 Å². The first-order valence-corrected chi connectivity index (χ1v) is 6.99. The molecule has 0 aromatic heterocycles. The third kappa shape index (κ3) is 2.19. The quantitative estimate of drug-likeness (QED) is 0.652. The molecule has 2 rings (SSSR count). The number of rotatable bonds is 1. The monoisotopic (exact) mass is 249 g/mol. The van der Waals surface area contributed by atoms with E-state index in [1.54, 1.807) is 6.08 Å². The minimum atomic E-state index is -3.64. The fourth-order valence-corrected chi connectivity index (χ4v) is 2.68. The smallest absolute Gasteiger partial charge is 0.261 e. The maximum Gasteiger partial charge on any atom is 0.261 e. The SMILES string of the molecule is CN1CCOC2=CC(S(=O)(=O)Cl)=CCC21. The molecule has 0 amide bonds. The molecular formula is C9H12ClNO3S. The van der Waals surface area contributed by atoms with Gasteiger partial charge in [0, 0.05) is 17.2 Å². The molecule has 1 unspecified atom stereocenters. The number of ether oxygens (including phenoxy) is 1. The Morgan fingerprint density at radius 1 is 1.60 bits per heavy atom. The van der Waals surface area contributed by atoms with Crippen LogP contribution >= 0.6 is 10.7 Å². The van der Waals surface area contributed by atoms with Crippen molar-refractivity contribution in [2.24, 2.45) is 0 Å². The first-order chi connectivity index (χ1) is 6.98. The van der Waals surface area contributed by atoms with Gasteiger partial charge in [-0.2, -0.15) is 0 Å². The lowest BCUT2D eigenvalue weighted by Gasteiger charge is -2.35. The van der Waals surface area contributed by atoms with Crippen molar-refractivity contribution < 1.29 is 13.2 Å². The van der Waals surface area contributed by atoms with E-state index in [0.717, 1.165) is 6.54 Å². The van der Waals surface area contributed by atoms with Gasteiger partial charge in [0.25, 0.3) is 9.05 Å². The second-order valence-electron chi connectivity index (χ2n) is 3.67. The summed E-state index contributed by atoms with van der Waals surface area (Å²) in [6.45, 7) is 1.45. The van der Waals surface area contributed by atoms with E-state index < -0.39 is 9.05 Å². The van der Waals surface area contributed by atoms with Gasteiger partial charge in [0.05, 0.1) is 10.9 Å². The first kappa shape index (κ1) is 11.0. The molecule has 0 spiro atoms. The Bertz CT molecular complexity index is 427. The molecule has 0 N–H and O–H groups in total. The van der Waals surface area contributed by atoms with Gasteiger partial charge in [0.2, 0.25) is 0 Å². The number of halogens is 1. The van der Waals surface area contributed by atoms with E-state index in [4.69, 9.17) is 15.4 Å². The van der Waals surface area contributed by atoms with Crippen molar-refractivity contribution in [2.75, 3.05) is 20.2 Å². The van der Waals surface area contributed by atoms with Crippen molar-refractivity contribution in [1.29, 1.82) is 0 Å². The molecule has 15 heavy (non-hydrogen) atoms. The van der Waals surface area contributed by atoms with Gasteiger partial charge in [-0.15, -0.1) is 0 Å². The third-order valence-electron chi connectivity index (χ3n) is 2.68. The Morgan fingerprint density at radius 3 is 3.00 bits per heavy atom. The number of hydrogen-bond donors (Lipinski definition) is 0. The Balaban J connectivity index is 2.29. The summed E-state index contributed by atoms with van der Waals surface area (Å²) in [5, 5.41) is 0. The Kier molecular flexibility index (Phi) is 2.79. The van der Waals surface area contributed by atoms with Crippen molar-refractivity contribution in [3.8, 4) is 0 Å². The highest BCUT2D eigenvalue weighted by molar-refractivity contribution is 8.17. The molecule has 1 heterocycles. The zero-order chi connectivity index (χ0) is 11.1. The van der Waals surface area contributed by atoms with Crippen LogP contribution in [0.3, 0.4) is 0 Å². The van der Waals surface area contributed by atoms with Gasteiger partial charge in [-0.3, -0.25) is 4.90 Å². The first-order valence-electron chi connectivity index (χ1n) is 4.68. The summed E-state index contributed by atoms with van der Waals surface area (Å²) in [6.07, 6.45) is 3.79. The summed E-state index contributed by atoms with van der Waals surface area (Å²) in [7, 11) is 3.63. The molecule has 0 bridgehead atoms. The van der Waals surface area contributed by atoms with Crippen LogP contribution in [0, 0.1) is 0 Å². The van der Waals surface area contributed by atoms with Gasteiger partial charge >= 0.3 is 0 Å². The molecule has 1 aliphatic heterocycles. The van der Waals surface area contributed by atoms with Crippen molar-refractivity contribution >= 4 is 19.7 Å². The molecule has 0 saturated carbocycles. The van der Waals surface area contributed by atoms with Crippen LogP contribution in [-0.4, -0.2) is 39.6 Å². The molecular weight excluding hydrogens is 238 g/mol. The highest BCUT2D eigenvalue weighted by atomic mass is 35.7. The number of fused-ring (bicyclic) bond motifs is 1. The average molecular weight is 250 g/mol. The van der Waals surface area contributed by atoms with Crippen molar-refractivity contribution in [2.45, 2.75) is 12.5 Å². The van der Waals surface area contributed by atoms with E-state index in [1.165, 1.54) is 6.08 Å². The minimum absolute atomic E-state index is 0.144. The topological polar surface area (TPSA) is 46.6 Å². The lowest BCUT2D eigenvalue weighted by atomic mass is 10.0. The standard InChI is InChI=1S/C9H12ClNO3S/c1-11-4-5-14-9-6-7(15(10,12)13)2-3-8(9)11/h2,6,8H,3-5H2,1H3. The maximum absolute atomic E-state index is 11.1. The summed E-state index contributed by atoms with van der Waals surface area (Å²) in [5.74, 6) is 0.700. The van der Waals surface area contributed by atoms with Crippen molar-refractivity contribution in [3.05, 3.63) is 22.8 Å². The predicted octanol–water partition coefficient (Wildman–Crippen LogP) is 1.06. The van der Waals surface area contributed by atoms with Gasteiger partial charge in [-0.05, 0) is 19.5 Å². The molecule has 1 saturated heterocycles. The Hall–Kier alpha value is -0.520. The summed E-state index contributed by atoms with van der Waals surface area (Å²) in [6, 6.07) is 0.154. The number of allylic oxidation sites excluding steroid dienone is 1. The van der Waals surface area contributed by atoms with Crippen LogP contribution in [0.2, 0.25) is 0 Å². The number of nitrogens with zero attached hydrogens (tertiary/aromatic N) is 1. The molecule has 2 aliphatic rings. The molecule has 4 nitrogen and oxygen atoms in total. The van der Waals surface area contributed by atoms with Gasteiger partial charge in [-0.25, -0.2) is 8.42 Å². The molecule has 0 aromatic carbocycles. The van der Waals surface area contributed by atoms with Crippen LogP contribution in [0.4, 0.5) is 0 Å². The number of morpholine rings is 1. The molecule has 0 aromatic rings. The molecule has 1 fully saturated rings. The predicted molar refractivity (Wildman–Crippen MR) is 57.9 cm³/mol. The second-order valence-corrected chi connectivity index (χ2v) is 6.24. The maximum atomic E-state index is 11.1.